The minimum Gasteiger partial charge on any atom is -0.477 e. The van der Waals surface area contributed by atoms with E-state index in [1.807, 2.05) is 0 Å². The first-order valence-corrected chi connectivity index (χ1v) is 12.2. The summed E-state index contributed by atoms with van der Waals surface area (Å²) in [6.45, 7) is 5.65. The van der Waals surface area contributed by atoms with E-state index < -0.39 is 41.8 Å². The predicted molar refractivity (Wildman–Crippen MR) is 130 cm³/mol. The summed E-state index contributed by atoms with van der Waals surface area (Å²) in [6.07, 6.45) is 0.0942. The van der Waals surface area contributed by atoms with E-state index >= 15 is 0 Å². The second kappa shape index (κ2) is 8.89. The zero-order valence-electron chi connectivity index (χ0n) is 21.0. The quantitative estimate of drug-likeness (QED) is 0.261. The molecule has 12 heteroatoms. The van der Waals surface area contributed by atoms with Crippen molar-refractivity contribution in [2.75, 3.05) is 18.0 Å². The van der Waals surface area contributed by atoms with Gasteiger partial charge in [-0.05, 0) is 69.5 Å². The van der Waals surface area contributed by atoms with Crippen molar-refractivity contribution in [2.45, 2.75) is 51.3 Å². The fraction of sp³-hybridized carbons (Fsp3) is 0.423. The van der Waals surface area contributed by atoms with Gasteiger partial charge >= 0.3 is 18.2 Å². The van der Waals surface area contributed by atoms with Gasteiger partial charge in [0.05, 0.1) is 6.04 Å². The number of carbonyl (C=O) groups excluding carboxylic acids is 3. The molecule has 4 heterocycles. The Bertz CT molecular complexity index is 1310. The highest BCUT2D eigenvalue weighted by Gasteiger charge is 2.64. The van der Waals surface area contributed by atoms with Gasteiger partial charge in [0.15, 0.2) is 0 Å². The Labute approximate surface area is 217 Å². The lowest BCUT2D eigenvalue weighted by Gasteiger charge is -2.49. The first-order chi connectivity index (χ1) is 17.9. The molecule has 3 amide bonds. The topological polar surface area (TPSA) is 154 Å². The highest BCUT2D eigenvalue weighted by molar-refractivity contribution is 6.09. The third kappa shape index (κ3) is 4.25. The standard InChI is InChI=1S/C26H27N3O9/c1-26(2,3)38-25(36)37-17-6-4-16(5-7-17)27-9-8-13(21(27)30)10-14-11-15-12-28(24(34)35)20-18(15)29(22(20)31)19(14)23(32)33/h4-7,10,15,18,20H,8-9,11-12H2,1-3H3,(H,32,33)(H,34,35)/b13-10+/t15-,18-,20+/m1/s1. The molecule has 38 heavy (non-hydrogen) atoms. The zero-order valence-corrected chi connectivity index (χ0v) is 21.0. The van der Waals surface area contributed by atoms with Gasteiger partial charge in [0.1, 0.15) is 23.1 Å². The van der Waals surface area contributed by atoms with E-state index in [1.165, 1.54) is 15.9 Å². The Morgan fingerprint density at radius 2 is 1.76 bits per heavy atom. The summed E-state index contributed by atoms with van der Waals surface area (Å²) in [7, 11) is 0. The van der Waals surface area contributed by atoms with Crippen LogP contribution in [0.4, 0.5) is 15.3 Å². The summed E-state index contributed by atoms with van der Waals surface area (Å²) < 4.78 is 10.3. The highest BCUT2D eigenvalue weighted by atomic mass is 16.7. The van der Waals surface area contributed by atoms with Crippen molar-refractivity contribution in [3.05, 3.63) is 47.2 Å². The molecule has 1 aromatic carbocycles. The van der Waals surface area contributed by atoms with Gasteiger partial charge in [-0.25, -0.2) is 14.4 Å². The Hall–Kier alpha value is -4.35. The van der Waals surface area contributed by atoms with Crippen LogP contribution in [0, 0.1) is 5.92 Å². The van der Waals surface area contributed by atoms with Crippen molar-refractivity contribution in [3.8, 4) is 5.75 Å². The van der Waals surface area contributed by atoms with Crippen LogP contribution in [0.15, 0.2) is 47.2 Å². The maximum Gasteiger partial charge on any atom is 0.514 e. The van der Waals surface area contributed by atoms with Crippen LogP contribution in [0.1, 0.15) is 33.6 Å². The number of nitrogens with zero attached hydrogens (tertiary/aromatic N) is 3. The minimum atomic E-state index is -1.29. The van der Waals surface area contributed by atoms with Gasteiger partial charge in [-0.3, -0.25) is 19.4 Å². The van der Waals surface area contributed by atoms with E-state index in [0.29, 0.717) is 29.8 Å². The van der Waals surface area contributed by atoms with Crippen LogP contribution >= 0.6 is 0 Å². The van der Waals surface area contributed by atoms with Crippen molar-refractivity contribution in [2.24, 2.45) is 5.92 Å². The molecule has 0 radical (unpaired) electrons. The van der Waals surface area contributed by atoms with Gasteiger partial charge in [-0.1, -0.05) is 0 Å². The lowest BCUT2D eigenvalue weighted by Crippen LogP contribution is -2.69. The molecule has 12 nitrogen and oxygen atoms in total. The molecule has 0 aliphatic carbocycles. The molecule has 0 bridgehead atoms. The number of ether oxygens (including phenoxy) is 2. The molecule has 0 saturated carbocycles. The number of hydrogen-bond donors (Lipinski definition) is 2. The molecule has 0 unspecified atom stereocenters. The number of hydrogen-bond acceptors (Lipinski definition) is 7. The molecule has 200 valence electrons. The van der Waals surface area contributed by atoms with Crippen LogP contribution in [0.3, 0.4) is 0 Å². The summed E-state index contributed by atoms with van der Waals surface area (Å²) in [5.41, 5.74) is 0.407. The molecule has 1 aromatic rings. The van der Waals surface area contributed by atoms with Gasteiger partial charge in [-0.2, -0.15) is 0 Å². The molecule has 3 saturated heterocycles. The van der Waals surface area contributed by atoms with E-state index in [9.17, 15) is 34.2 Å². The number of rotatable bonds is 4. The molecular weight excluding hydrogens is 498 g/mol. The molecule has 4 aliphatic heterocycles. The summed E-state index contributed by atoms with van der Waals surface area (Å²) in [5.74, 6) is -2.15. The zero-order chi connectivity index (χ0) is 27.5. The molecule has 2 N–H and O–H groups in total. The minimum absolute atomic E-state index is 0.129. The number of carbonyl (C=O) groups is 5. The number of carboxylic acids is 1. The lowest BCUT2D eigenvalue weighted by atomic mass is 9.79. The predicted octanol–water partition coefficient (Wildman–Crippen LogP) is 2.60. The largest absolute Gasteiger partial charge is 0.514 e. The SMILES string of the molecule is CC(C)(C)OC(=O)Oc1ccc(N2CC/C(=C\C3=C(C(=O)O)N4C(=O)[C@@H]5[C@H]4[C@H](C3)CN5C(=O)O)C2=O)cc1. The van der Waals surface area contributed by atoms with E-state index in [0.717, 1.165) is 4.90 Å². The molecule has 5 rings (SSSR count). The van der Waals surface area contributed by atoms with Crippen LogP contribution in [0.2, 0.25) is 0 Å². The van der Waals surface area contributed by atoms with E-state index in [2.05, 4.69) is 0 Å². The fourth-order valence-electron chi connectivity index (χ4n) is 5.56. The second-order valence-corrected chi connectivity index (χ2v) is 10.7. The average molecular weight is 526 g/mol. The van der Waals surface area contributed by atoms with Gasteiger partial charge in [0.25, 0.3) is 11.8 Å². The van der Waals surface area contributed by atoms with Gasteiger partial charge in [-0.15, -0.1) is 0 Å². The van der Waals surface area contributed by atoms with Crippen molar-refractivity contribution >= 4 is 35.7 Å². The van der Waals surface area contributed by atoms with E-state index in [4.69, 9.17) is 9.47 Å². The number of benzene rings is 1. The third-order valence-corrected chi connectivity index (χ3v) is 7.05. The average Bonchev–Trinajstić information content (AvgIpc) is 3.36. The summed E-state index contributed by atoms with van der Waals surface area (Å²) in [4.78, 5) is 65.3. The molecule has 0 aromatic heterocycles. The maximum atomic E-state index is 13.2. The van der Waals surface area contributed by atoms with Crippen LogP contribution in [0.25, 0.3) is 0 Å². The smallest absolute Gasteiger partial charge is 0.477 e. The number of β-lactam (4-membered cyclic amide) rings is 1. The number of carboxylic acid groups (broad SMARTS) is 2. The van der Waals surface area contributed by atoms with Gasteiger partial charge < -0.3 is 24.6 Å². The summed E-state index contributed by atoms with van der Waals surface area (Å²) >= 11 is 0. The van der Waals surface area contributed by atoms with Crippen molar-refractivity contribution in [1.82, 2.24) is 9.80 Å². The fourth-order valence-corrected chi connectivity index (χ4v) is 5.56. The van der Waals surface area contributed by atoms with Crippen LogP contribution in [-0.4, -0.2) is 80.8 Å². The molecular formula is C26H27N3O9. The Morgan fingerprint density at radius 1 is 1.08 bits per heavy atom. The number of allylic oxidation sites excluding steroid dienone is 2. The number of likely N-dealkylation sites (tertiary alicyclic amines) is 1. The number of anilines is 1. The Balaban J connectivity index is 1.34. The van der Waals surface area contributed by atoms with Crippen molar-refractivity contribution in [3.63, 3.8) is 0 Å². The van der Waals surface area contributed by atoms with E-state index in [-0.39, 0.29) is 36.2 Å². The molecule has 3 fully saturated rings. The summed E-state index contributed by atoms with van der Waals surface area (Å²) in [6, 6.07) is 4.99. The first kappa shape index (κ1) is 25.3. The second-order valence-electron chi connectivity index (χ2n) is 10.7. The monoisotopic (exact) mass is 525 g/mol. The van der Waals surface area contributed by atoms with Crippen LogP contribution < -0.4 is 9.64 Å². The van der Waals surface area contributed by atoms with Crippen molar-refractivity contribution in [1.29, 1.82) is 0 Å². The molecule has 0 spiro atoms. The van der Waals surface area contributed by atoms with Crippen LogP contribution in [-0.2, 0) is 19.1 Å². The normalized spacial score (nSPS) is 25.5. The highest BCUT2D eigenvalue weighted by Crippen LogP contribution is 2.47. The maximum absolute atomic E-state index is 13.2. The van der Waals surface area contributed by atoms with Gasteiger partial charge in [0, 0.05) is 30.3 Å². The number of amides is 3. The van der Waals surface area contributed by atoms with E-state index in [1.54, 1.807) is 45.0 Å². The Kier molecular flexibility index (Phi) is 5.92. The Morgan fingerprint density at radius 3 is 2.37 bits per heavy atom. The van der Waals surface area contributed by atoms with Gasteiger partial charge in [0.2, 0.25) is 0 Å². The lowest BCUT2D eigenvalue weighted by molar-refractivity contribution is -0.156. The third-order valence-electron chi connectivity index (χ3n) is 7.05. The summed E-state index contributed by atoms with van der Waals surface area (Å²) in [5, 5.41) is 19.3. The molecule has 3 atom stereocenters. The number of aliphatic carboxylic acids is 1. The van der Waals surface area contributed by atoms with Crippen molar-refractivity contribution < 1.29 is 43.7 Å². The molecule has 4 aliphatic rings. The van der Waals surface area contributed by atoms with Crippen LogP contribution in [0.5, 0.6) is 5.75 Å². The first-order valence-electron chi connectivity index (χ1n) is 12.2.